The molecule has 198 valence electrons. The molecule has 4 rings (SSSR count). The number of anilines is 1. The maximum absolute atomic E-state index is 13.1. The van der Waals surface area contributed by atoms with Crippen LogP contribution in [0.2, 0.25) is 0 Å². The van der Waals surface area contributed by atoms with Crippen LogP contribution >= 0.6 is 0 Å². The number of carbonyl (C=O) groups excluding carboxylic acids is 1. The quantitative estimate of drug-likeness (QED) is 0.216. The molecule has 0 radical (unpaired) electrons. The molecule has 0 N–H and O–H groups in total. The zero-order chi connectivity index (χ0) is 27.1. The maximum atomic E-state index is 13.1. The Labute approximate surface area is 224 Å². The minimum Gasteiger partial charge on any atom is -0.493 e. The molecule has 0 saturated carbocycles. The number of ether oxygens (including phenoxy) is 4. The molecule has 1 aliphatic rings. The average molecular weight is 515 g/mol. The topological polar surface area (TPSA) is 69.6 Å². The summed E-state index contributed by atoms with van der Waals surface area (Å²) in [6.45, 7) is 6.88. The fourth-order valence-corrected chi connectivity index (χ4v) is 4.15. The molecule has 7 nitrogen and oxygen atoms in total. The summed E-state index contributed by atoms with van der Waals surface area (Å²) in [5.41, 5.74) is 3.88. The van der Waals surface area contributed by atoms with Crippen molar-refractivity contribution in [3.8, 4) is 23.0 Å². The second-order valence-corrected chi connectivity index (χ2v) is 9.03. The Balaban J connectivity index is 1.45. The smallest absolute Gasteiger partial charge is 0.280 e. The molecule has 0 unspecified atom stereocenters. The first-order valence-electron chi connectivity index (χ1n) is 12.7. The van der Waals surface area contributed by atoms with E-state index >= 15 is 0 Å². The molecule has 1 aliphatic heterocycles. The van der Waals surface area contributed by atoms with Gasteiger partial charge in [-0.2, -0.15) is 10.1 Å². The molecule has 0 bridgehead atoms. The van der Waals surface area contributed by atoms with Crippen LogP contribution in [0.25, 0.3) is 6.08 Å². The minimum atomic E-state index is -0.193. The molecule has 0 aliphatic carbocycles. The molecule has 38 heavy (non-hydrogen) atoms. The monoisotopic (exact) mass is 514 g/mol. The van der Waals surface area contributed by atoms with Crippen LogP contribution in [0.5, 0.6) is 23.0 Å². The fourth-order valence-electron chi connectivity index (χ4n) is 4.15. The van der Waals surface area contributed by atoms with Crippen LogP contribution in [-0.4, -0.2) is 39.1 Å². The lowest BCUT2D eigenvalue weighted by Gasteiger charge is -2.16. The van der Waals surface area contributed by atoms with Gasteiger partial charge >= 0.3 is 0 Å². The highest BCUT2D eigenvalue weighted by molar-refractivity contribution is 6.32. The summed E-state index contributed by atoms with van der Waals surface area (Å²) in [5, 5.41) is 5.85. The van der Waals surface area contributed by atoms with Crippen LogP contribution in [0, 0.1) is 0 Å². The van der Waals surface area contributed by atoms with Gasteiger partial charge in [0, 0.05) is 0 Å². The van der Waals surface area contributed by atoms with E-state index in [0.29, 0.717) is 53.4 Å². The first-order valence-corrected chi connectivity index (χ1v) is 12.7. The van der Waals surface area contributed by atoms with Crippen LogP contribution in [0.3, 0.4) is 0 Å². The molecule has 1 amide bonds. The van der Waals surface area contributed by atoms with Gasteiger partial charge in [-0.15, -0.1) is 0 Å². The average Bonchev–Trinajstić information content (AvgIpc) is 3.24. The molecule has 0 saturated heterocycles. The molecule has 0 aromatic heterocycles. The van der Waals surface area contributed by atoms with Gasteiger partial charge in [-0.05, 0) is 72.9 Å². The van der Waals surface area contributed by atoms with E-state index in [1.54, 1.807) is 20.3 Å². The lowest BCUT2D eigenvalue weighted by atomic mass is 9.99. The molecule has 7 heteroatoms. The number of amides is 1. The van der Waals surface area contributed by atoms with Gasteiger partial charge in [0.25, 0.3) is 5.91 Å². The SMILES string of the molecule is CC[C@@H](C)c1ccc(OCCOc2c(OC)cc(/C=C3/C(=O)N(c4ccccc4)N=C3C)cc2OC)cc1. The van der Waals surface area contributed by atoms with Crippen LogP contribution in [0.4, 0.5) is 5.69 Å². The molecule has 1 atom stereocenters. The van der Waals surface area contributed by atoms with Crippen molar-refractivity contribution in [2.75, 3.05) is 32.4 Å². The first-order chi connectivity index (χ1) is 18.4. The van der Waals surface area contributed by atoms with Crippen LogP contribution in [0.1, 0.15) is 44.2 Å². The summed E-state index contributed by atoms with van der Waals surface area (Å²) < 4.78 is 23.0. The van der Waals surface area contributed by atoms with Crippen LogP contribution in [-0.2, 0) is 4.79 Å². The van der Waals surface area contributed by atoms with Gasteiger partial charge < -0.3 is 18.9 Å². The van der Waals surface area contributed by atoms with Gasteiger partial charge in [0.2, 0.25) is 5.75 Å². The van der Waals surface area contributed by atoms with Crippen LogP contribution < -0.4 is 24.0 Å². The Hall–Kier alpha value is -4.26. The van der Waals surface area contributed by atoms with Crippen molar-refractivity contribution in [1.82, 2.24) is 0 Å². The van der Waals surface area contributed by atoms with E-state index < -0.39 is 0 Å². The van der Waals surface area contributed by atoms with Gasteiger partial charge in [-0.1, -0.05) is 44.2 Å². The third kappa shape index (κ3) is 5.99. The van der Waals surface area contributed by atoms with Gasteiger partial charge in [0.1, 0.15) is 19.0 Å². The normalized spacial score (nSPS) is 14.9. The van der Waals surface area contributed by atoms with Crippen molar-refractivity contribution >= 4 is 23.4 Å². The molecule has 0 fully saturated rings. The van der Waals surface area contributed by atoms with Gasteiger partial charge in [-0.25, -0.2) is 0 Å². The zero-order valence-corrected chi connectivity index (χ0v) is 22.6. The summed E-state index contributed by atoms with van der Waals surface area (Å²) in [4.78, 5) is 13.1. The summed E-state index contributed by atoms with van der Waals surface area (Å²) in [6, 6.07) is 21.1. The highest BCUT2D eigenvalue weighted by Crippen LogP contribution is 2.39. The highest BCUT2D eigenvalue weighted by atomic mass is 16.6. The summed E-state index contributed by atoms with van der Waals surface area (Å²) in [5.74, 6) is 2.59. The van der Waals surface area contributed by atoms with E-state index in [0.717, 1.165) is 17.7 Å². The van der Waals surface area contributed by atoms with Crippen molar-refractivity contribution in [3.63, 3.8) is 0 Å². The Morgan fingerprint density at radius 3 is 2.16 bits per heavy atom. The summed E-state index contributed by atoms with van der Waals surface area (Å²) in [6.07, 6.45) is 2.88. The van der Waals surface area contributed by atoms with Gasteiger partial charge in [0.05, 0.1) is 31.2 Å². The Bertz CT molecular complexity index is 1290. The number of para-hydroxylation sites is 1. The molecule has 0 spiro atoms. The number of hydrazone groups is 1. The standard InChI is InChI=1S/C31H34N2O5/c1-6-21(2)24-12-14-26(15-13-24)37-16-17-38-30-28(35-4)19-23(20-29(30)36-5)18-27-22(3)32-33(31(27)34)25-10-8-7-9-11-25/h7-15,18-21H,6,16-17H2,1-5H3/b27-18+/t21-/m1/s1. The third-order valence-corrected chi connectivity index (χ3v) is 6.52. The summed E-state index contributed by atoms with van der Waals surface area (Å²) >= 11 is 0. The number of nitrogens with zero attached hydrogens (tertiary/aromatic N) is 2. The number of methoxy groups -OCH3 is 2. The van der Waals surface area contributed by atoms with Crippen molar-refractivity contribution in [2.45, 2.75) is 33.1 Å². The van der Waals surface area contributed by atoms with E-state index in [2.05, 4.69) is 31.1 Å². The first kappa shape index (κ1) is 26.8. The number of rotatable bonds is 11. The van der Waals surface area contributed by atoms with E-state index in [-0.39, 0.29) is 5.91 Å². The van der Waals surface area contributed by atoms with Gasteiger partial charge in [-0.3, -0.25) is 4.79 Å². The minimum absolute atomic E-state index is 0.193. The maximum Gasteiger partial charge on any atom is 0.280 e. The number of carbonyl (C=O) groups is 1. The second-order valence-electron chi connectivity index (χ2n) is 9.03. The summed E-state index contributed by atoms with van der Waals surface area (Å²) in [7, 11) is 3.14. The van der Waals surface area contributed by atoms with E-state index in [4.69, 9.17) is 18.9 Å². The zero-order valence-electron chi connectivity index (χ0n) is 22.6. The van der Waals surface area contributed by atoms with E-state index in [9.17, 15) is 4.79 Å². The van der Waals surface area contributed by atoms with Gasteiger partial charge in [0.15, 0.2) is 11.5 Å². The molecule has 3 aromatic rings. The third-order valence-electron chi connectivity index (χ3n) is 6.52. The predicted octanol–water partition coefficient (Wildman–Crippen LogP) is 6.48. The van der Waals surface area contributed by atoms with E-state index in [1.807, 2.05) is 61.5 Å². The fraction of sp³-hybridized carbons (Fsp3) is 0.290. The van der Waals surface area contributed by atoms with Crippen molar-refractivity contribution in [2.24, 2.45) is 5.10 Å². The molecule has 3 aromatic carbocycles. The van der Waals surface area contributed by atoms with Crippen molar-refractivity contribution in [1.29, 1.82) is 0 Å². The number of hydrogen-bond donors (Lipinski definition) is 0. The number of benzene rings is 3. The second kappa shape index (κ2) is 12.3. The lowest BCUT2D eigenvalue weighted by molar-refractivity contribution is -0.114. The molecule has 1 heterocycles. The predicted molar refractivity (Wildman–Crippen MR) is 151 cm³/mol. The van der Waals surface area contributed by atoms with Crippen LogP contribution in [0.15, 0.2) is 77.4 Å². The van der Waals surface area contributed by atoms with E-state index in [1.165, 1.54) is 10.6 Å². The molecular weight excluding hydrogens is 480 g/mol. The Morgan fingerprint density at radius 1 is 0.921 bits per heavy atom. The Kier molecular flexibility index (Phi) is 8.69. The largest absolute Gasteiger partial charge is 0.493 e. The highest BCUT2D eigenvalue weighted by Gasteiger charge is 2.29. The van der Waals surface area contributed by atoms with Crippen molar-refractivity contribution < 1.29 is 23.7 Å². The Morgan fingerprint density at radius 2 is 1.55 bits per heavy atom. The van der Waals surface area contributed by atoms with Crippen molar-refractivity contribution in [3.05, 3.63) is 83.4 Å². The molecular formula is C31H34N2O5. The lowest BCUT2D eigenvalue weighted by Crippen LogP contribution is -2.21. The number of hydrogen-bond acceptors (Lipinski definition) is 6.